The van der Waals surface area contributed by atoms with E-state index < -0.39 is 18.0 Å². The molecule has 0 aliphatic heterocycles. The summed E-state index contributed by atoms with van der Waals surface area (Å²) >= 11 is 0. The molecule has 3 aromatic rings. The van der Waals surface area contributed by atoms with Crippen molar-refractivity contribution in [3.05, 3.63) is 60.3 Å². The van der Waals surface area contributed by atoms with Crippen LogP contribution in [0.4, 0.5) is 18.9 Å². The molecule has 1 aromatic heterocycles. The summed E-state index contributed by atoms with van der Waals surface area (Å²) in [5.41, 5.74) is 1.45. The van der Waals surface area contributed by atoms with Gasteiger partial charge in [0.25, 0.3) is 5.91 Å². The Bertz CT molecular complexity index is 964. The van der Waals surface area contributed by atoms with E-state index in [-0.39, 0.29) is 18.1 Å². The first-order valence-corrected chi connectivity index (χ1v) is 8.20. The van der Waals surface area contributed by atoms with E-state index in [2.05, 4.69) is 15.0 Å². The molecule has 1 heterocycles. The van der Waals surface area contributed by atoms with Gasteiger partial charge in [-0.15, -0.1) is 13.2 Å². The molecule has 0 saturated carbocycles. The van der Waals surface area contributed by atoms with Gasteiger partial charge in [-0.3, -0.25) is 9.59 Å². The van der Waals surface area contributed by atoms with Gasteiger partial charge in [-0.05, 0) is 36.4 Å². The van der Waals surface area contributed by atoms with Crippen LogP contribution in [0.5, 0.6) is 5.75 Å². The fourth-order valence-corrected chi connectivity index (χ4v) is 2.62. The number of hydrogen-bond acceptors (Lipinski definition) is 3. The van der Waals surface area contributed by atoms with Crippen LogP contribution in [0.3, 0.4) is 0 Å². The molecular weight excluding hydrogens is 375 g/mol. The Hall–Kier alpha value is -3.49. The van der Waals surface area contributed by atoms with Gasteiger partial charge in [0.15, 0.2) is 0 Å². The normalized spacial score (nSPS) is 11.3. The molecule has 146 valence electrons. The van der Waals surface area contributed by atoms with Crippen molar-refractivity contribution >= 4 is 28.4 Å². The Morgan fingerprint density at radius 2 is 1.79 bits per heavy atom. The minimum Gasteiger partial charge on any atom is -0.406 e. The van der Waals surface area contributed by atoms with Crippen molar-refractivity contribution in [3.63, 3.8) is 0 Å². The average Bonchev–Trinajstić information content (AvgIpc) is 3.05. The van der Waals surface area contributed by atoms with Gasteiger partial charge in [-0.2, -0.15) is 0 Å². The number of benzene rings is 2. The van der Waals surface area contributed by atoms with E-state index in [4.69, 9.17) is 0 Å². The second kappa shape index (κ2) is 7.63. The molecule has 0 radical (unpaired) electrons. The summed E-state index contributed by atoms with van der Waals surface area (Å²) in [6.45, 7) is -0.227. The summed E-state index contributed by atoms with van der Waals surface area (Å²) in [5.74, 6) is -1.24. The van der Waals surface area contributed by atoms with Crippen LogP contribution >= 0.6 is 0 Å². The number of nitrogens with one attached hydrogen (secondary N) is 2. The molecule has 0 fully saturated rings. The first kappa shape index (κ1) is 19.3. The topological polar surface area (TPSA) is 74.4 Å². The third kappa shape index (κ3) is 4.81. The predicted octanol–water partition coefficient (Wildman–Crippen LogP) is 3.78. The number of aromatic amines is 1. The molecule has 2 amide bonds. The first-order chi connectivity index (χ1) is 13.2. The van der Waals surface area contributed by atoms with Gasteiger partial charge in [-0.25, -0.2) is 0 Å². The number of ether oxygens (including phenoxy) is 1. The van der Waals surface area contributed by atoms with Gasteiger partial charge in [0.2, 0.25) is 5.91 Å². The zero-order chi connectivity index (χ0) is 20.3. The Balaban J connectivity index is 1.58. The van der Waals surface area contributed by atoms with Crippen LogP contribution in [0.2, 0.25) is 0 Å². The summed E-state index contributed by atoms with van der Waals surface area (Å²) in [7, 11) is 1.48. The van der Waals surface area contributed by atoms with E-state index >= 15 is 0 Å². The van der Waals surface area contributed by atoms with E-state index in [0.717, 1.165) is 23.0 Å². The Morgan fingerprint density at radius 1 is 1.11 bits per heavy atom. The first-order valence-electron chi connectivity index (χ1n) is 8.20. The van der Waals surface area contributed by atoms with Crippen molar-refractivity contribution < 1.29 is 27.5 Å². The Labute approximate surface area is 157 Å². The molecule has 2 aromatic carbocycles. The molecule has 0 bridgehead atoms. The van der Waals surface area contributed by atoms with Gasteiger partial charge in [0.05, 0.1) is 6.54 Å². The number of halogens is 3. The number of aromatic nitrogens is 1. The fraction of sp³-hybridized carbons (Fsp3) is 0.158. The molecule has 28 heavy (non-hydrogen) atoms. The van der Waals surface area contributed by atoms with Crippen LogP contribution in [0, 0.1) is 0 Å². The maximum absolute atomic E-state index is 12.5. The van der Waals surface area contributed by atoms with Crippen LogP contribution in [-0.2, 0) is 4.79 Å². The standard InChI is InChI=1S/C19H16F3N3O3/c1-25(18(27)16-10-12-4-2-3-5-15(12)24-16)11-17(26)23-13-6-8-14(9-7-13)28-19(20,21)22/h2-10,24H,11H2,1H3,(H,23,26). The molecule has 0 spiro atoms. The highest BCUT2D eigenvalue weighted by Crippen LogP contribution is 2.24. The molecule has 6 nitrogen and oxygen atoms in total. The Kier molecular flexibility index (Phi) is 5.25. The third-order valence-electron chi connectivity index (χ3n) is 3.86. The number of nitrogens with zero attached hydrogens (tertiary/aromatic N) is 1. The van der Waals surface area contributed by atoms with Gasteiger partial charge >= 0.3 is 6.36 Å². The van der Waals surface area contributed by atoms with Gasteiger partial charge in [0.1, 0.15) is 11.4 Å². The highest BCUT2D eigenvalue weighted by atomic mass is 19.4. The van der Waals surface area contributed by atoms with Crippen LogP contribution < -0.4 is 10.1 Å². The summed E-state index contributed by atoms with van der Waals surface area (Å²) in [6.07, 6.45) is -4.78. The van der Waals surface area contributed by atoms with E-state index in [9.17, 15) is 22.8 Å². The van der Waals surface area contributed by atoms with E-state index in [1.165, 1.54) is 24.1 Å². The van der Waals surface area contributed by atoms with Crippen LogP contribution in [0.25, 0.3) is 10.9 Å². The third-order valence-corrected chi connectivity index (χ3v) is 3.86. The van der Waals surface area contributed by atoms with Crippen LogP contribution in [-0.4, -0.2) is 41.7 Å². The number of rotatable bonds is 5. The van der Waals surface area contributed by atoms with Gasteiger partial charge in [0, 0.05) is 23.6 Å². The highest BCUT2D eigenvalue weighted by molar-refractivity contribution is 6.01. The number of carbonyl (C=O) groups excluding carboxylic acids is 2. The lowest BCUT2D eigenvalue weighted by Gasteiger charge is -2.16. The smallest absolute Gasteiger partial charge is 0.406 e. The molecule has 0 unspecified atom stereocenters. The summed E-state index contributed by atoms with van der Waals surface area (Å²) in [4.78, 5) is 28.8. The number of alkyl halides is 3. The number of fused-ring (bicyclic) bond motifs is 1. The number of amides is 2. The lowest BCUT2D eigenvalue weighted by Crippen LogP contribution is -2.35. The van der Waals surface area contributed by atoms with Crippen molar-refractivity contribution in [1.29, 1.82) is 0 Å². The largest absolute Gasteiger partial charge is 0.573 e. The molecule has 0 atom stereocenters. The lowest BCUT2D eigenvalue weighted by atomic mass is 10.2. The van der Waals surface area contributed by atoms with Crippen LogP contribution in [0.1, 0.15) is 10.5 Å². The number of hydrogen-bond donors (Lipinski definition) is 2. The fourth-order valence-electron chi connectivity index (χ4n) is 2.62. The quantitative estimate of drug-likeness (QED) is 0.695. The number of H-pyrrole nitrogens is 1. The highest BCUT2D eigenvalue weighted by Gasteiger charge is 2.31. The number of likely N-dealkylation sites (N-methyl/N-ethyl adjacent to an activating group) is 1. The molecular formula is C19H16F3N3O3. The zero-order valence-electron chi connectivity index (χ0n) is 14.7. The van der Waals surface area contributed by atoms with Crippen LogP contribution in [0.15, 0.2) is 54.6 Å². The predicted molar refractivity (Wildman–Crippen MR) is 97.0 cm³/mol. The van der Waals surface area contributed by atoms with E-state index in [1.807, 2.05) is 24.3 Å². The molecule has 0 aliphatic rings. The number of carbonyl (C=O) groups is 2. The maximum atomic E-state index is 12.5. The minimum atomic E-state index is -4.78. The van der Waals surface area contributed by atoms with Crippen molar-refractivity contribution in [1.82, 2.24) is 9.88 Å². The van der Waals surface area contributed by atoms with Gasteiger partial charge in [-0.1, -0.05) is 18.2 Å². The number of anilines is 1. The SMILES string of the molecule is CN(CC(=O)Nc1ccc(OC(F)(F)F)cc1)C(=O)c1cc2ccccc2[nH]1. The van der Waals surface area contributed by atoms with Crippen molar-refractivity contribution in [2.75, 3.05) is 18.9 Å². The summed E-state index contributed by atoms with van der Waals surface area (Å²) in [6, 6.07) is 13.8. The molecule has 0 saturated heterocycles. The molecule has 9 heteroatoms. The van der Waals surface area contributed by atoms with E-state index in [1.54, 1.807) is 6.07 Å². The second-order valence-corrected chi connectivity index (χ2v) is 6.05. The van der Waals surface area contributed by atoms with Gasteiger partial charge < -0.3 is 19.9 Å². The Morgan fingerprint density at radius 3 is 2.43 bits per heavy atom. The second-order valence-electron chi connectivity index (χ2n) is 6.05. The van der Waals surface area contributed by atoms with Crippen molar-refractivity contribution in [2.45, 2.75) is 6.36 Å². The molecule has 2 N–H and O–H groups in total. The zero-order valence-corrected chi connectivity index (χ0v) is 14.7. The van der Waals surface area contributed by atoms with Crippen molar-refractivity contribution in [3.8, 4) is 5.75 Å². The molecule has 3 rings (SSSR count). The minimum absolute atomic E-state index is 0.227. The summed E-state index contributed by atoms with van der Waals surface area (Å²) < 4.78 is 40.2. The monoisotopic (exact) mass is 391 g/mol. The molecule has 0 aliphatic carbocycles. The number of para-hydroxylation sites is 1. The average molecular weight is 391 g/mol. The maximum Gasteiger partial charge on any atom is 0.573 e. The van der Waals surface area contributed by atoms with E-state index in [0.29, 0.717) is 5.69 Å². The lowest BCUT2D eigenvalue weighted by molar-refractivity contribution is -0.274. The van der Waals surface area contributed by atoms with Crippen molar-refractivity contribution in [2.24, 2.45) is 0 Å². The summed E-state index contributed by atoms with van der Waals surface area (Å²) in [5, 5.41) is 3.40.